The number of rotatable bonds is 5. The molecule has 50 heavy (non-hydrogen) atoms. The minimum atomic E-state index is 0.655. The van der Waals surface area contributed by atoms with Crippen LogP contribution < -0.4 is 0 Å². The number of fused-ring (bicyclic) bond motifs is 6. The zero-order valence-electron chi connectivity index (χ0n) is 26.7. The summed E-state index contributed by atoms with van der Waals surface area (Å²) in [5.41, 5.74) is 7.69. The Balaban J connectivity index is 1.16. The van der Waals surface area contributed by atoms with E-state index in [2.05, 4.69) is 164 Å². The predicted octanol–water partition coefficient (Wildman–Crippen LogP) is 12.9. The smallest absolute Gasteiger partial charge is 0.164 e. The van der Waals surface area contributed by atoms with Crippen molar-refractivity contribution in [2.75, 3.05) is 0 Å². The molecule has 0 spiro atoms. The van der Waals surface area contributed by atoms with E-state index in [0.29, 0.717) is 17.5 Å². The normalized spacial score (nSPS) is 11.6. The van der Waals surface area contributed by atoms with Gasteiger partial charge in [-0.25, -0.2) is 15.0 Å². The van der Waals surface area contributed by atoms with Crippen LogP contribution in [0.1, 0.15) is 0 Å². The summed E-state index contributed by atoms with van der Waals surface area (Å²) < 4.78 is 4.96. The molecular weight excluding hydrogens is 647 g/mol. The second-order valence-corrected chi connectivity index (χ2v) is 14.6. The van der Waals surface area contributed by atoms with Crippen molar-refractivity contribution in [3.05, 3.63) is 164 Å². The van der Waals surface area contributed by atoms with Crippen molar-refractivity contribution in [3.63, 3.8) is 0 Å². The van der Waals surface area contributed by atoms with Crippen molar-refractivity contribution in [3.8, 4) is 56.4 Å². The maximum Gasteiger partial charge on any atom is 0.164 e. The van der Waals surface area contributed by atoms with Crippen LogP contribution in [0, 0.1) is 0 Å². The van der Waals surface area contributed by atoms with Crippen molar-refractivity contribution in [2.45, 2.75) is 0 Å². The highest BCUT2D eigenvalue weighted by Crippen LogP contribution is 2.42. The second kappa shape index (κ2) is 11.8. The molecule has 0 aliphatic carbocycles. The Morgan fingerprint density at radius 3 is 1.30 bits per heavy atom. The molecule has 0 radical (unpaired) electrons. The molecule has 0 saturated carbocycles. The zero-order valence-corrected chi connectivity index (χ0v) is 28.4. The van der Waals surface area contributed by atoms with Crippen molar-refractivity contribution >= 4 is 63.0 Å². The molecule has 10 aromatic rings. The van der Waals surface area contributed by atoms with Gasteiger partial charge in [-0.1, -0.05) is 133 Å². The average Bonchev–Trinajstić information content (AvgIpc) is 3.77. The lowest BCUT2D eigenvalue weighted by Crippen LogP contribution is -2.00. The molecule has 0 amide bonds. The Hall–Kier alpha value is -6.01. The van der Waals surface area contributed by atoms with Gasteiger partial charge in [-0.3, -0.25) is 0 Å². The summed E-state index contributed by atoms with van der Waals surface area (Å²) in [6, 6.07) is 57.9. The van der Waals surface area contributed by atoms with Crippen molar-refractivity contribution in [2.24, 2.45) is 0 Å². The lowest BCUT2D eigenvalue weighted by atomic mass is 9.98. The second-order valence-electron chi connectivity index (χ2n) is 12.4. The summed E-state index contributed by atoms with van der Waals surface area (Å²) in [6.45, 7) is 0. The molecule has 5 heteroatoms. The number of benzene rings is 7. The maximum atomic E-state index is 5.26. The summed E-state index contributed by atoms with van der Waals surface area (Å²) in [4.78, 5) is 15.7. The molecule has 0 aliphatic heterocycles. The lowest BCUT2D eigenvalue weighted by molar-refractivity contribution is 1.08. The topological polar surface area (TPSA) is 38.7 Å². The summed E-state index contributed by atoms with van der Waals surface area (Å²) in [7, 11) is 0. The van der Waals surface area contributed by atoms with Gasteiger partial charge in [-0.05, 0) is 52.6 Å². The van der Waals surface area contributed by atoms with Crippen LogP contribution in [0.4, 0.5) is 0 Å². The number of aromatic nitrogens is 3. The molecule has 10 rings (SSSR count). The Labute approximate surface area is 296 Å². The highest BCUT2D eigenvalue weighted by Gasteiger charge is 2.19. The van der Waals surface area contributed by atoms with E-state index in [0.717, 1.165) is 22.3 Å². The first-order valence-corrected chi connectivity index (χ1v) is 18.2. The van der Waals surface area contributed by atoms with E-state index < -0.39 is 0 Å². The van der Waals surface area contributed by atoms with E-state index in [1.807, 2.05) is 0 Å². The fourth-order valence-corrected chi connectivity index (χ4v) is 9.25. The standard InChI is InChI=1S/C45H27N3S2/c1-2-11-28(12-3-1)31-13-8-14-32(27-31)29-23-25-30(26-24-29)43-46-44(35-17-9-21-39-41(35)33-15-4-6-19-37(33)49-39)48-45(47-43)36-18-10-22-40-42(36)34-16-5-7-20-38(34)50-40/h1-27H. The van der Waals surface area contributed by atoms with E-state index in [9.17, 15) is 0 Å². The molecule has 0 aliphatic rings. The number of hydrogen-bond donors (Lipinski definition) is 0. The molecule has 0 saturated heterocycles. The van der Waals surface area contributed by atoms with Gasteiger partial charge in [0.1, 0.15) is 0 Å². The van der Waals surface area contributed by atoms with Gasteiger partial charge in [-0.2, -0.15) is 0 Å². The van der Waals surface area contributed by atoms with Gasteiger partial charge in [0.2, 0.25) is 0 Å². The first kappa shape index (κ1) is 29.0. The highest BCUT2D eigenvalue weighted by molar-refractivity contribution is 7.26. The summed E-state index contributed by atoms with van der Waals surface area (Å²) in [5, 5.41) is 4.81. The quantitative estimate of drug-likeness (QED) is 0.182. The van der Waals surface area contributed by atoms with Crippen molar-refractivity contribution in [1.29, 1.82) is 0 Å². The van der Waals surface area contributed by atoms with Crippen LogP contribution in [-0.2, 0) is 0 Å². The number of hydrogen-bond acceptors (Lipinski definition) is 5. The van der Waals surface area contributed by atoms with Crippen molar-refractivity contribution < 1.29 is 0 Å². The molecule has 3 nitrogen and oxygen atoms in total. The minimum Gasteiger partial charge on any atom is -0.208 e. The van der Waals surface area contributed by atoms with Crippen LogP contribution in [0.3, 0.4) is 0 Å². The van der Waals surface area contributed by atoms with Gasteiger partial charge in [0.05, 0.1) is 0 Å². The highest BCUT2D eigenvalue weighted by atomic mass is 32.1. The minimum absolute atomic E-state index is 0.655. The van der Waals surface area contributed by atoms with Crippen LogP contribution in [0.25, 0.3) is 96.8 Å². The number of thiophene rings is 2. The Morgan fingerprint density at radius 1 is 0.300 bits per heavy atom. The molecule has 3 heterocycles. The first-order valence-electron chi connectivity index (χ1n) is 16.6. The van der Waals surface area contributed by atoms with E-state index in [4.69, 9.17) is 15.0 Å². The van der Waals surface area contributed by atoms with Gasteiger partial charge in [-0.15, -0.1) is 22.7 Å². The van der Waals surface area contributed by atoms with Crippen LogP contribution in [0.5, 0.6) is 0 Å². The van der Waals surface area contributed by atoms with E-state index in [1.54, 1.807) is 22.7 Å². The SMILES string of the molecule is c1ccc(-c2cccc(-c3ccc(-c4nc(-c5cccc6sc7ccccc7c56)nc(-c5cccc6sc7ccccc7c56)n4)cc3)c2)cc1. The molecule has 0 bridgehead atoms. The van der Waals surface area contributed by atoms with Crippen LogP contribution in [0.15, 0.2) is 164 Å². The third-order valence-corrected chi connectivity index (χ3v) is 11.6. The van der Waals surface area contributed by atoms with Crippen LogP contribution >= 0.6 is 22.7 Å². The van der Waals surface area contributed by atoms with E-state index >= 15 is 0 Å². The average molecular weight is 674 g/mol. The van der Waals surface area contributed by atoms with Gasteiger partial charge in [0, 0.05) is 57.0 Å². The molecule has 0 fully saturated rings. The molecule has 7 aromatic carbocycles. The van der Waals surface area contributed by atoms with E-state index in [-0.39, 0.29) is 0 Å². The monoisotopic (exact) mass is 673 g/mol. The number of nitrogens with zero attached hydrogens (tertiary/aromatic N) is 3. The third-order valence-electron chi connectivity index (χ3n) is 9.37. The van der Waals surface area contributed by atoms with Gasteiger partial charge >= 0.3 is 0 Å². The first-order chi connectivity index (χ1) is 24.8. The fourth-order valence-electron chi connectivity index (χ4n) is 6.99. The Bertz CT molecular complexity index is 2740. The zero-order chi connectivity index (χ0) is 33.0. The Morgan fingerprint density at radius 2 is 0.720 bits per heavy atom. The van der Waals surface area contributed by atoms with Crippen LogP contribution in [0.2, 0.25) is 0 Å². The largest absolute Gasteiger partial charge is 0.208 e. The molecular formula is C45H27N3S2. The summed E-state index contributed by atoms with van der Waals surface area (Å²) >= 11 is 3.61. The summed E-state index contributed by atoms with van der Waals surface area (Å²) in [6.07, 6.45) is 0. The lowest BCUT2D eigenvalue weighted by Gasteiger charge is -2.11. The molecule has 0 unspecified atom stereocenters. The van der Waals surface area contributed by atoms with E-state index in [1.165, 1.54) is 57.0 Å². The molecule has 234 valence electrons. The van der Waals surface area contributed by atoms with Crippen molar-refractivity contribution in [1.82, 2.24) is 15.0 Å². The van der Waals surface area contributed by atoms with Gasteiger partial charge < -0.3 is 0 Å². The third kappa shape index (κ3) is 4.90. The fraction of sp³-hybridized carbons (Fsp3) is 0. The van der Waals surface area contributed by atoms with Gasteiger partial charge in [0.15, 0.2) is 17.5 Å². The summed E-state index contributed by atoms with van der Waals surface area (Å²) in [5.74, 6) is 2.01. The molecule has 3 aromatic heterocycles. The predicted molar refractivity (Wildman–Crippen MR) is 213 cm³/mol. The molecule has 0 N–H and O–H groups in total. The Kier molecular flexibility index (Phi) is 6.86. The molecule has 0 atom stereocenters. The van der Waals surface area contributed by atoms with Crippen LogP contribution in [-0.4, -0.2) is 15.0 Å². The maximum absolute atomic E-state index is 5.26. The van der Waals surface area contributed by atoms with Gasteiger partial charge in [0.25, 0.3) is 0 Å².